The molecule has 1 saturated heterocycles. The lowest BCUT2D eigenvalue weighted by Crippen LogP contribution is -2.32. The number of nitrogens with zero attached hydrogens (tertiary/aromatic N) is 1. The summed E-state index contributed by atoms with van der Waals surface area (Å²) < 4.78 is 32.2. The third-order valence-corrected chi connectivity index (χ3v) is 5.48. The summed E-state index contributed by atoms with van der Waals surface area (Å²) in [6, 6.07) is 9.53. The fourth-order valence-electron chi connectivity index (χ4n) is 3.64. The zero-order valence-electron chi connectivity index (χ0n) is 20.6. The molecule has 0 spiro atoms. The van der Waals surface area contributed by atoms with Gasteiger partial charge in [-0.15, -0.1) is 0 Å². The van der Waals surface area contributed by atoms with Gasteiger partial charge in [0.25, 0.3) is 5.91 Å². The molecule has 2 aromatic rings. The lowest BCUT2D eigenvalue weighted by Gasteiger charge is -2.14. The molecule has 2 aromatic carbocycles. The summed E-state index contributed by atoms with van der Waals surface area (Å²) in [6.07, 6.45) is 3.23. The molecule has 0 aromatic heterocycles. The zero-order valence-corrected chi connectivity index (χ0v) is 20.6. The predicted octanol–water partition coefficient (Wildman–Crippen LogP) is 3.14. The van der Waals surface area contributed by atoms with Crippen LogP contribution in [0.4, 0.5) is 0 Å². The molecule has 1 aliphatic rings. The van der Waals surface area contributed by atoms with E-state index in [0.717, 1.165) is 12.8 Å². The maximum absolute atomic E-state index is 12.8. The number of rotatable bonds is 10. The van der Waals surface area contributed by atoms with E-state index >= 15 is 0 Å². The van der Waals surface area contributed by atoms with Crippen molar-refractivity contribution in [2.45, 2.75) is 18.9 Å². The van der Waals surface area contributed by atoms with Gasteiger partial charge in [0.2, 0.25) is 5.75 Å². The third-order valence-electron chi connectivity index (χ3n) is 5.48. The lowest BCUT2D eigenvalue weighted by atomic mass is 10.1. The van der Waals surface area contributed by atoms with Gasteiger partial charge in [0.15, 0.2) is 23.0 Å². The number of benzene rings is 2. The highest BCUT2D eigenvalue weighted by Gasteiger charge is 2.20. The van der Waals surface area contributed by atoms with Crippen LogP contribution >= 0.6 is 0 Å². The van der Waals surface area contributed by atoms with Crippen LogP contribution in [0.3, 0.4) is 0 Å². The largest absolute Gasteiger partial charge is 0.493 e. The maximum Gasteiger partial charge on any atom is 0.343 e. The van der Waals surface area contributed by atoms with E-state index in [0.29, 0.717) is 36.0 Å². The molecule has 190 valence electrons. The summed E-state index contributed by atoms with van der Waals surface area (Å²) >= 11 is 0. The molecule has 0 bridgehead atoms. The Bertz CT molecular complexity index is 1150. The summed E-state index contributed by atoms with van der Waals surface area (Å²) in [5.74, 6) is 0.165. The van der Waals surface area contributed by atoms with Crippen molar-refractivity contribution in [2.75, 3.05) is 41.6 Å². The standard InChI is InChI=1S/C26H28N2O8/c1-31-21-11-16(10-18(14-27)25(29)28-15-19-6-5-9-35-19)7-8-20(21)36-26(30)17-12-22(32-2)24(34-4)23(13-17)33-3/h7-8,10-13,19H,5-6,9,15H2,1-4H3,(H,28,29)/b18-10-. The number of methoxy groups -OCH3 is 4. The molecular weight excluding hydrogens is 468 g/mol. The van der Waals surface area contributed by atoms with E-state index in [1.165, 1.54) is 52.7 Å². The SMILES string of the molecule is COc1cc(/C=C(/C#N)C(=O)NCC2CCCO2)ccc1OC(=O)c1cc(OC)c(OC)c(OC)c1. The van der Waals surface area contributed by atoms with Gasteiger partial charge in [0, 0.05) is 13.2 Å². The van der Waals surface area contributed by atoms with Gasteiger partial charge in [-0.1, -0.05) is 6.07 Å². The summed E-state index contributed by atoms with van der Waals surface area (Å²) in [7, 11) is 5.77. The van der Waals surface area contributed by atoms with Gasteiger partial charge in [-0.3, -0.25) is 4.79 Å². The average molecular weight is 497 g/mol. The summed E-state index contributed by atoms with van der Waals surface area (Å²) in [5.41, 5.74) is 0.616. The number of hydrogen-bond acceptors (Lipinski definition) is 9. The highest BCUT2D eigenvalue weighted by atomic mass is 16.6. The Hall–Kier alpha value is -4.23. The van der Waals surface area contributed by atoms with E-state index in [2.05, 4.69) is 5.32 Å². The van der Waals surface area contributed by atoms with Crippen LogP contribution in [0.5, 0.6) is 28.7 Å². The van der Waals surface area contributed by atoms with Crippen molar-refractivity contribution in [2.24, 2.45) is 0 Å². The van der Waals surface area contributed by atoms with Crippen molar-refractivity contribution in [1.82, 2.24) is 5.32 Å². The number of nitrogens with one attached hydrogen (secondary N) is 1. The molecule has 3 rings (SSSR count). The van der Waals surface area contributed by atoms with Crippen LogP contribution < -0.4 is 29.0 Å². The first-order valence-corrected chi connectivity index (χ1v) is 11.2. The number of nitriles is 1. The monoisotopic (exact) mass is 496 g/mol. The second kappa shape index (κ2) is 12.5. The molecule has 10 nitrogen and oxygen atoms in total. The predicted molar refractivity (Wildman–Crippen MR) is 130 cm³/mol. The number of carbonyl (C=O) groups excluding carboxylic acids is 2. The van der Waals surface area contributed by atoms with Crippen LogP contribution in [0, 0.1) is 11.3 Å². The molecular formula is C26H28N2O8. The second-order valence-electron chi connectivity index (χ2n) is 7.73. The van der Waals surface area contributed by atoms with Crippen molar-refractivity contribution < 1.29 is 38.0 Å². The first-order valence-electron chi connectivity index (χ1n) is 11.2. The minimum atomic E-state index is -0.679. The first kappa shape index (κ1) is 26.4. The molecule has 36 heavy (non-hydrogen) atoms. The van der Waals surface area contributed by atoms with Gasteiger partial charge in [-0.05, 0) is 48.7 Å². The fourth-order valence-corrected chi connectivity index (χ4v) is 3.64. The number of amides is 1. The lowest BCUT2D eigenvalue weighted by molar-refractivity contribution is -0.117. The van der Waals surface area contributed by atoms with Gasteiger partial charge in [-0.25, -0.2) is 4.79 Å². The van der Waals surface area contributed by atoms with Crippen molar-refractivity contribution in [1.29, 1.82) is 5.26 Å². The van der Waals surface area contributed by atoms with Gasteiger partial charge in [0.1, 0.15) is 11.6 Å². The van der Waals surface area contributed by atoms with Gasteiger partial charge >= 0.3 is 5.97 Å². The Morgan fingerprint density at radius 3 is 2.28 bits per heavy atom. The Morgan fingerprint density at radius 1 is 1.03 bits per heavy atom. The minimum absolute atomic E-state index is 0.0337. The molecule has 10 heteroatoms. The smallest absolute Gasteiger partial charge is 0.343 e. The molecule has 1 aliphatic heterocycles. The number of esters is 1. The van der Waals surface area contributed by atoms with Crippen molar-refractivity contribution in [3.63, 3.8) is 0 Å². The molecule has 0 saturated carbocycles. The molecule has 1 amide bonds. The van der Waals surface area contributed by atoms with Crippen molar-refractivity contribution in [3.05, 3.63) is 47.0 Å². The van der Waals surface area contributed by atoms with Gasteiger partial charge < -0.3 is 33.7 Å². The number of ether oxygens (including phenoxy) is 6. The molecule has 1 heterocycles. The summed E-state index contributed by atoms with van der Waals surface area (Å²) in [5, 5.41) is 12.2. The van der Waals surface area contributed by atoms with E-state index in [9.17, 15) is 14.9 Å². The topological polar surface area (TPSA) is 125 Å². The Kier molecular flexibility index (Phi) is 9.13. The van der Waals surface area contributed by atoms with Crippen molar-refractivity contribution >= 4 is 18.0 Å². The second-order valence-corrected chi connectivity index (χ2v) is 7.73. The van der Waals surface area contributed by atoms with Crippen LogP contribution in [0.1, 0.15) is 28.8 Å². The van der Waals surface area contributed by atoms with Crippen LogP contribution in [-0.2, 0) is 9.53 Å². The van der Waals surface area contributed by atoms with Gasteiger partial charge in [0.05, 0.1) is 40.1 Å². The van der Waals surface area contributed by atoms with Crippen LogP contribution in [0.15, 0.2) is 35.9 Å². The zero-order chi connectivity index (χ0) is 26.1. The minimum Gasteiger partial charge on any atom is -0.493 e. The van der Waals surface area contributed by atoms with Crippen LogP contribution in [0.25, 0.3) is 6.08 Å². The summed E-state index contributed by atoms with van der Waals surface area (Å²) in [6.45, 7) is 1.02. The Balaban J connectivity index is 1.78. The molecule has 0 radical (unpaired) electrons. The molecule has 1 N–H and O–H groups in total. The Morgan fingerprint density at radius 2 is 1.72 bits per heavy atom. The summed E-state index contributed by atoms with van der Waals surface area (Å²) in [4.78, 5) is 25.3. The molecule has 0 aliphatic carbocycles. The highest BCUT2D eigenvalue weighted by molar-refractivity contribution is 6.01. The highest BCUT2D eigenvalue weighted by Crippen LogP contribution is 2.39. The van der Waals surface area contributed by atoms with E-state index in [-0.39, 0.29) is 28.7 Å². The maximum atomic E-state index is 12.8. The van der Waals surface area contributed by atoms with E-state index < -0.39 is 11.9 Å². The van der Waals surface area contributed by atoms with E-state index in [1.54, 1.807) is 12.1 Å². The molecule has 1 fully saturated rings. The van der Waals surface area contributed by atoms with E-state index in [4.69, 9.17) is 28.4 Å². The van der Waals surface area contributed by atoms with Crippen LogP contribution in [-0.4, -0.2) is 59.6 Å². The van der Waals surface area contributed by atoms with Crippen molar-refractivity contribution in [3.8, 4) is 34.8 Å². The van der Waals surface area contributed by atoms with E-state index in [1.807, 2.05) is 6.07 Å². The quantitative estimate of drug-likeness (QED) is 0.228. The normalized spacial score (nSPS) is 15.0. The number of carbonyl (C=O) groups is 2. The molecule has 1 atom stereocenters. The number of hydrogen-bond donors (Lipinski definition) is 1. The third kappa shape index (κ3) is 6.25. The average Bonchev–Trinajstić information content (AvgIpc) is 3.43. The first-order chi connectivity index (χ1) is 17.4. The Labute approximate surface area is 209 Å². The fraction of sp³-hybridized carbons (Fsp3) is 0.346. The van der Waals surface area contributed by atoms with Crippen LogP contribution in [0.2, 0.25) is 0 Å². The molecule has 1 unspecified atom stereocenters. The van der Waals surface area contributed by atoms with Gasteiger partial charge in [-0.2, -0.15) is 5.26 Å².